The van der Waals surface area contributed by atoms with Gasteiger partial charge in [-0.25, -0.2) is 14.5 Å². The summed E-state index contributed by atoms with van der Waals surface area (Å²) in [6.07, 6.45) is 0. The van der Waals surface area contributed by atoms with Gasteiger partial charge in [-0.3, -0.25) is 4.79 Å². The van der Waals surface area contributed by atoms with Crippen LogP contribution in [0.1, 0.15) is 10.4 Å². The molecule has 1 saturated heterocycles. The number of imide groups is 1. The quantitative estimate of drug-likeness (QED) is 0.708. The molecule has 0 atom stereocenters. The van der Waals surface area contributed by atoms with Crippen LogP contribution in [0, 0.1) is 0 Å². The predicted molar refractivity (Wildman–Crippen MR) is 54.3 cm³/mol. The Morgan fingerprint density at radius 1 is 1.31 bits per heavy atom. The molecule has 0 aromatic heterocycles. The number of carboxylic acid groups (broad SMARTS) is 1. The maximum absolute atomic E-state index is 11.4. The number of amides is 3. The van der Waals surface area contributed by atoms with E-state index in [1.165, 1.54) is 18.2 Å². The maximum atomic E-state index is 11.4. The molecule has 16 heavy (non-hydrogen) atoms. The number of carbonyl (C=O) groups is 3. The number of rotatable bonds is 2. The van der Waals surface area contributed by atoms with E-state index < -0.39 is 17.9 Å². The van der Waals surface area contributed by atoms with E-state index in [9.17, 15) is 14.4 Å². The lowest BCUT2D eigenvalue weighted by Gasteiger charge is -2.14. The van der Waals surface area contributed by atoms with E-state index in [0.717, 1.165) is 4.90 Å². The zero-order valence-electron chi connectivity index (χ0n) is 8.14. The van der Waals surface area contributed by atoms with Gasteiger partial charge < -0.3 is 10.4 Å². The van der Waals surface area contributed by atoms with Crippen molar-refractivity contribution in [1.82, 2.24) is 5.32 Å². The third-order valence-electron chi connectivity index (χ3n) is 2.22. The third-order valence-corrected chi connectivity index (χ3v) is 2.22. The summed E-state index contributed by atoms with van der Waals surface area (Å²) in [7, 11) is 0. The van der Waals surface area contributed by atoms with Gasteiger partial charge in [-0.15, -0.1) is 0 Å². The number of aromatic carboxylic acids is 1. The smallest absolute Gasteiger partial charge is 0.337 e. The molecule has 1 aromatic carbocycles. The lowest BCUT2D eigenvalue weighted by atomic mass is 10.1. The van der Waals surface area contributed by atoms with Gasteiger partial charge in [0.15, 0.2) is 0 Å². The van der Waals surface area contributed by atoms with Gasteiger partial charge in [0.25, 0.3) is 5.91 Å². The number of para-hydroxylation sites is 1. The van der Waals surface area contributed by atoms with Crippen LogP contribution in [0.2, 0.25) is 0 Å². The summed E-state index contributed by atoms with van der Waals surface area (Å²) < 4.78 is 0. The lowest BCUT2D eigenvalue weighted by molar-refractivity contribution is -0.115. The molecule has 1 aliphatic heterocycles. The molecule has 0 unspecified atom stereocenters. The van der Waals surface area contributed by atoms with Crippen molar-refractivity contribution in [2.75, 3.05) is 11.4 Å². The number of hydrogen-bond acceptors (Lipinski definition) is 3. The minimum Gasteiger partial charge on any atom is -0.478 e. The number of anilines is 1. The number of benzene rings is 1. The normalized spacial score (nSPS) is 15.1. The molecule has 1 aliphatic rings. The Morgan fingerprint density at radius 3 is 2.56 bits per heavy atom. The van der Waals surface area contributed by atoms with Gasteiger partial charge in [-0.2, -0.15) is 0 Å². The van der Waals surface area contributed by atoms with E-state index in [1.54, 1.807) is 6.07 Å². The zero-order valence-corrected chi connectivity index (χ0v) is 8.14. The van der Waals surface area contributed by atoms with Crippen molar-refractivity contribution in [3.05, 3.63) is 29.8 Å². The first-order valence-corrected chi connectivity index (χ1v) is 4.54. The maximum Gasteiger partial charge on any atom is 0.337 e. The van der Waals surface area contributed by atoms with Crippen LogP contribution in [0.3, 0.4) is 0 Å². The van der Waals surface area contributed by atoms with Crippen LogP contribution in [0.25, 0.3) is 0 Å². The van der Waals surface area contributed by atoms with Crippen molar-refractivity contribution in [3.63, 3.8) is 0 Å². The van der Waals surface area contributed by atoms with E-state index in [4.69, 9.17) is 5.11 Å². The second-order valence-corrected chi connectivity index (χ2v) is 3.21. The van der Waals surface area contributed by atoms with E-state index in [-0.39, 0.29) is 17.8 Å². The summed E-state index contributed by atoms with van der Waals surface area (Å²) in [5.74, 6) is -1.64. The fourth-order valence-corrected chi connectivity index (χ4v) is 1.52. The molecule has 3 amide bonds. The molecule has 2 rings (SSSR count). The summed E-state index contributed by atoms with van der Waals surface area (Å²) in [4.78, 5) is 34.5. The minimum atomic E-state index is -1.18. The van der Waals surface area contributed by atoms with Crippen LogP contribution in [0.15, 0.2) is 24.3 Å². The average molecular weight is 220 g/mol. The van der Waals surface area contributed by atoms with Gasteiger partial charge in [-0.1, -0.05) is 12.1 Å². The second kappa shape index (κ2) is 3.65. The molecule has 0 spiro atoms. The number of carboxylic acids is 1. The van der Waals surface area contributed by atoms with E-state index in [1.807, 2.05) is 0 Å². The molecule has 1 aromatic rings. The number of urea groups is 1. The number of carbonyl (C=O) groups excluding carboxylic acids is 2. The molecule has 1 heterocycles. The first-order valence-electron chi connectivity index (χ1n) is 4.54. The van der Waals surface area contributed by atoms with Gasteiger partial charge in [0, 0.05) is 0 Å². The fraction of sp³-hybridized carbons (Fsp3) is 0.100. The van der Waals surface area contributed by atoms with Crippen molar-refractivity contribution in [2.45, 2.75) is 0 Å². The molecule has 82 valence electrons. The Bertz CT molecular complexity index is 467. The van der Waals surface area contributed by atoms with Gasteiger partial charge >= 0.3 is 12.0 Å². The Hall–Kier alpha value is -2.37. The van der Waals surface area contributed by atoms with E-state index in [0.29, 0.717) is 0 Å². The Kier molecular flexibility index (Phi) is 2.32. The van der Waals surface area contributed by atoms with Crippen molar-refractivity contribution in [2.24, 2.45) is 0 Å². The van der Waals surface area contributed by atoms with Gasteiger partial charge in [-0.05, 0) is 12.1 Å². The molecular formula is C10H8N2O4. The Morgan fingerprint density at radius 2 is 2.00 bits per heavy atom. The second-order valence-electron chi connectivity index (χ2n) is 3.21. The first kappa shape index (κ1) is 10.2. The predicted octanol–water partition coefficient (Wildman–Crippen LogP) is 0.441. The van der Waals surface area contributed by atoms with Crippen LogP contribution in [0.4, 0.5) is 10.5 Å². The molecular weight excluding hydrogens is 212 g/mol. The van der Waals surface area contributed by atoms with Crippen molar-refractivity contribution in [3.8, 4) is 0 Å². The number of nitrogens with one attached hydrogen (secondary N) is 1. The molecule has 6 nitrogen and oxygen atoms in total. The highest BCUT2D eigenvalue weighted by Crippen LogP contribution is 2.22. The van der Waals surface area contributed by atoms with Crippen molar-refractivity contribution < 1.29 is 19.5 Å². The largest absolute Gasteiger partial charge is 0.478 e. The molecule has 1 fully saturated rings. The molecule has 6 heteroatoms. The Labute approximate surface area is 90.5 Å². The van der Waals surface area contributed by atoms with Crippen LogP contribution >= 0.6 is 0 Å². The lowest BCUT2D eigenvalue weighted by Crippen LogP contribution is -2.32. The summed E-state index contributed by atoms with van der Waals surface area (Å²) in [5, 5.41) is 11.3. The van der Waals surface area contributed by atoms with Crippen LogP contribution < -0.4 is 10.2 Å². The van der Waals surface area contributed by atoms with Gasteiger partial charge in [0.1, 0.15) is 0 Å². The summed E-state index contributed by atoms with van der Waals surface area (Å²) in [6, 6.07) is 5.27. The van der Waals surface area contributed by atoms with Crippen molar-refractivity contribution >= 4 is 23.6 Å². The standard InChI is InChI=1S/C10H8N2O4/c13-8-5-11-10(16)12(8)7-4-2-1-3-6(7)9(14)15/h1-4H,5H2,(H,11,16)(H,14,15). The fourth-order valence-electron chi connectivity index (χ4n) is 1.52. The summed E-state index contributed by atoms with van der Waals surface area (Å²) in [5.41, 5.74) is 0.0166. The summed E-state index contributed by atoms with van der Waals surface area (Å²) >= 11 is 0. The first-order chi connectivity index (χ1) is 7.61. The van der Waals surface area contributed by atoms with Crippen LogP contribution in [0.5, 0.6) is 0 Å². The topological polar surface area (TPSA) is 86.7 Å². The van der Waals surface area contributed by atoms with Crippen LogP contribution in [-0.2, 0) is 4.79 Å². The number of hydrogen-bond donors (Lipinski definition) is 2. The van der Waals surface area contributed by atoms with Gasteiger partial charge in [0.2, 0.25) is 0 Å². The van der Waals surface area contributed by atoms with Crippen LogP contribution in [-0.4, -0.2) is 29.6 Å². The van der Waals surface area contributed by atoms with E-state index >= 15 is 0 Å². The molecule has 0 saturated carbocycles. The third kappa shape index (κ3) is 1.50. The number of nitrogens with zero attached hydrogens (tertiary/aromatic N) is 1. The van der Waals surface area contributed by atoms with Crippen molar-refractivity contribution in [1.29, 1.82) is 0 Å². The Balaban J connectivity index is 2.51. The molecule has 0 radical (unpaired) electrons. The van der Waals surface area contributed by atoms with Gasteiger partial charge in [0.05, 0.1) is 17.8 Å². The highest BCUT2D eigenvalue weighted by atomic mass is 16.4. The monoisotopic (exact) mass is 220 g/mol. The molecule has 0 aliphatic carbocycles. The molecule has 0 bridgehead atoms. The highest BCUT2D eigenvalue weighted by Gasteiger charge is 2.32. The van der Waals surface area contributed by atoms with E-state index in [2.05, 4.69) is 5.32 Å². The zero-order chi connectivity index (χ0) is 11.7. The summed E-state index contributed by atoms with van der Waals surface area (Å²) in [6.45, 7) is -0.104. The minimum absolute atomic E-state index is 0.0760. The SMILES string of the molecule is O=C(O)c1ccccc1N1C(=O)CNC1=O. The average Bonchev–Trinajstić information content (AvgIpc) is 2.58. The highest BCUT2D eigenvalue weighted by molar-refractivity contribution is 6.21. The molecule has 2 N–H and O–H groups in total.